The third-order valence-electron chi connectivity index (χ3n) is 4.14. The molecule has 26 heavy (non-hydrogen) atoms. The van der Waals surface area contributed by atoms with Gasteiger partial charge in [0.25, 0.3) is 0 Å². The fraction of sp³-hybridized carbons (Fsp3) is 0.500. The molecule has 1 aliphatic heterocycles. The van der Waals surface area contributed by atoms with Gasteiger partial charge in [-0.2, -0.15) is 4.98 Å². The molecule has 0 amide bonds. The second-order valence-corrected chi connectivity index (χ2v) is 7.01. The van der Waals surface area contributed by atoms with E-state index in [-0.39, 0.29) is 6.04 Å². The zero-order chi connectivity index (χ0) is 18.4. The highest BCUT2D eigenvalue weighted by molar-refractivity contribution is 6.30. The molecule has 8 heteroatoms. The maximum absolute atomic E-state index is 6.33. The van der Waals surface area contributed by atoms with Gasteiger partial charge in [0.2, 0.25) is 5.95 Å². The van der Waals surface area contributed by atoms with Crippen molar-refractivity contribution >= 4 is 17.5 Å². The number of rotatable bonds is 7. The van der Waals surface area contributed by atoms with E-state index >= 15 is 0 Å². The summed E-state index contributed by atoms with van der Waals surface area (Å²) in [6, 6.07) is 6.02. The molecular weight excluding hydrogens is 352 g/mol. The summed E-state index contributed by atoms with van der Waals surface area (Å²) in [5.41, 5.74) is 1.95. The minimum atomic E-state index is 0.131. The van der Waals surface area contributed by atoms with Gasteiger partial charge in [-0.05, 0) is 50.8 Å². The Morgan fingerprint density at radius 3 is 2.96 bits per heavy atom. The molecule has 1 aromatic heterocycles. The monoisotopic (exact) mass is 376 g/mol. The lowest BCUT2D eigenvalue weighted by Gasteiger charge is -2.24. The van der Waals surface area contributed by atoms with Crippen molar-refractivity contribution in [2.75, 3.05) is 52.3 Å². The standard InChI is InChI=1S/C18H25ClN6O/c1-25(2)6-3-4-21-18-23-12-22-17(24-18)14-8-13(9-15(19)10-14)16-11-26-7-5-20-16/h8-10,12,16,20H,3-7,11H2,1-2H3,(H,21,22,23,24). The molecule has 1 atom stereocenters. The van der Waals surface area contributed by atoms with Gasteiger partial charge in [0.15, 0.2) is 5.82 Å². The zero-order valence-electron chi connectivity index (χ0n) is 15.2. The maximum atomic E-state index is 6.33. The van der Waals surface area contributed by atoms with E-state index in [1.807, 2.05) is 12.1 Å². The Hall–Kier alpha value is -1.80. The van der Waals surface area contributed by atoms with E-state index < -0.39 is 0 Å². The second-order valence-electron chi connectivity index (χ2n) is 6.57. The highest BCUT2D eigenvalue weighted by atomic mass is 35.5. The van der Waals surface area contributed by atoms with Crippen molar-refractivity contribution in [3.05, 3.63) is 35.1 Å². The Kier molecular flexibility index (Phi) is 6.73. The predicted molar refractivity (Wildman–Crippen MR) is 103 cm³/mol. The Balaban J connectivity index is 1.73. The normalized spacial score (nSPS) is 17.5. The van der Waals surface area contributed by atoms with E-state index in [1.165, 1.54) is 6.33 Å². The molecule has 2 aromatic rings. The van der Waals surface area contributed by atoms with E-state index in [0.29, 0.717) is 23.4 Å². The molecule has 2 N–H and O–H groups in total. The van der Waals surface area contributed by atoms with Crippen molar-refractivity contribution in [1.29, 1.82) is 0 Å². The number of hydrogen-bond donors (Lipinski definition) is 2. The molecule has 0 bridgehead atoms. The first-order valence-corrected chi connectivity index (χ1v) is 9.19. The third kappa shape index (κ3) is 5.35. The van der Waals surface area contributed by atoms with Crippen LogP contribution in [0.15, 0.2) is 24.5 Å². The Labute approximate surface area is 159 Å². The van der Waals surface area contributed by atoms with Crippen LogP contribution in [0.3, 0.4) is 0 Å². The number of anilines is 1. The number of hydrogen-bond acceptors (Lipinski definition) is 7. The first-order chi connectivity index (χ1) is 12.6. The van der Waals surface area contributed by atoms with Gasteiger partial charge in [-0.15, -0.1) is 0 Å². The summed E-state index contributed by atoms with van der Waals surface area (Å²) in [7, 11) is 4.12. The second kappa shape index (κ2) is 9.23. The number of morpholine rings is 1. The molecule has 0 radical (unpaired) electrons. The van der Waals surface area contributed by atoms with Crippen LogP contribution in [0.2, 0.25) is 5.02 Å². The van der Waals surface area contributed by atoms with Crippen LogP contribution in [0.25, 0.3) is 11.4 Å². The molecule has 1 aliphatic rings. The average molecular weight is 377 g/mol. The lowest BCUT2D eigenvalue weighted by Crippen LogP contribution is -2.34. The summed E-state index contributed by atoms with van der Waals surface area (Å²) < 4.78 is 5.55. The predicted octanol–water partition coefficient (Wildman–Crippen LogP) is 2.22. The highest BCUT2D eigenvalue weighted by Gasteiger charge is 2.17. The van der Waals surface area contributed by atoms with Gasteiger partial charge in [0.1, 0.15) is 6.33 Å². The molecule has 0 saturated carbocycles. The van der Waals surface area contributed by atoms with Gasteiger partial charge in [-0.25, -0.2) is 9.97 Å². The van der Waals surface area contributed by atoms with Crippen LogP contribution in [-0.2, 0) is 4.74 Å². The summed E-state index contributed by atoms with van der Waals surface area (Å²) in [5, 5.41) is 7.35. The molecule has 1 fully saturated rings. The first kappa shape index (κ1) is 19.0. The molecule has 7 nitrogen and oxygen atoms in total. The van der Waals surface area contributed by atoms with Crippen molar-refractivity contribution in [1.82, 2.24) is 25.2 Å². The fourth-order valence-electron chi connectivity index (χ4n) is 2.84. The zero-order valence-corrected chi connectivity index (χ0v) is 16.0. The molecule has 0 spiro atoms. The van der Waals surface area contributed by atoms with Gasteiger partial charge in [0.05, 0.1) is 19.3 Å². The van der Waals surface area contributed by atoms with Crippen LogP contribution in [0.4, 0.5) is 5.95 Å². The largest absolute Gasteiger partial charge is 0.378 e. The first-order valence-electron chi connectivity index (χ1n) is 8.81. The summed E-state index contributed by atoms with van der Waals surface area (Å²) in [6.07, 6.45) is 2.54. The Morgan fingerprint density at radius 1 is 1.31 bits per heavy atom. The number of nitrogens with one attached hydrogen (secondary N) is 2. The smallest absolute Gasteiger partial charge is 0.226 e. The third-order valence-corrected chi connectivity index (χ3v) is 4.36. The molecule has 1 unspecified atom stereocenters. The van der Waals surface area contributed by atoms with Crippen LogP contribution < -0.4 is 10.6 Å². The lowest BCUT2D eigenvalue weighted by molar-refractivity contribution is 0.0769. The lowest BCUT2D eigenvalue weighted by atomic mass is 10.0. The quantitative estimate of drug-likeness (QED) is 0.717. The number of ether oxygens (including phenoxy) is 1. The van der Waals surface area contributed by atoms with Crippen LogP contribution in [0.5, 0.6) is 0 Å². The van der Waals surface area contributed by atoms with Crippen LogP contribution >= 0.6 is 11.6 Å². The van der Waals surface area contributed by atoms with E-state index in [2.05, 4.69) is 50.6 Å². The summed E-state index contributed by atoms with van der Waals surface area (Å²) in [5.74, 6) is 1.19. The number of halogens is 1. The average Bonchev–Trinajstić information content (AvgIpc) is 2.65. The molecule has 0 aliphatic carbocycles. The van der Waals surface area contributed by atoms with Crippen molar-refractivity contribution in [3.8, 4) is 11.4 Å². The van der Waals surface area contributed by atoms with E-state index in [0.717, 1.165) is 43.8 Å². The Morgan fingerprint density at radius 2 is 2.19 bits per heavy atom. The summed E-state index contributed by atoms with van der Waals surface area (Å²) >= 11 is 6.33. The van der Waals surface area contributed by atoms with E-state index in [9.17, 15) is 0 Å². The van der Waals surface area contributed by atoms with Crippen molar-refractivity contribution in [2.45, 2.75) is 12.5 Å². The molecule has 2 heterocycles. The molecule has 3 rings (SSSR count). The minimum Gasteiger partial charge on any atom is -0.378 e. The van der Waals surface area contributed by atoms with Crippen molar-refractivity contribution in [2.24, 2.45) is 0 Å². The summed E-state index contributed by atoms with van der Waals surface area (Å²) in [4.78, 5) is 15.2. The molecule has 1 aromatic carbocycles. The van der Waals surface area contributed by atoms with Gasteiger partial charge in [-0.1, -0.05) is 11.6 Å². The van der Waals surface area contributed by atoms with Crippen LogP contribution in [0.1, 0.15) is 18.0 Å². The molecule has 1 saturated heterocycles. The van der Waals surface area contributed by atoms with Crippen LogP contribution in [0, 0.1) is 0 Å². The van der Waals surface area contributed by atoms with Crippen LogP contribution in [-0.4, -0.2) is 66.8 Å². The molecule has 140 valence electrons. The Bertz CT molecular complexity index is 721. The summed E-state index contributed by atoms with van der Waals surface area (Å²) in [6.45, 7) is 4.03. The van der Waals surface area contributed by atoms with Gasteiger partial charge >= 0.3 is 0 Å². The topological polar surface area (TPSA) is 75.2 Å². The number of aromatic nitrogens is 3. The highest BCUT2D eigenvalue weighted by Crippen LogP contribution is 2.27. The van der Waals surface area contributed by atoms with Gasteiger partial charge < -0.3 is 20.3 Å². The van der Waals surface area contributed by atoms with Gasteiger partial charge in [-0.3, -0.25) is 0 Å². The number of benzene rings is 1. The van der Waals surface area contributed by atoms with E-state index in [1.54, 1.807) is 0 Å². The minimum absolute atomic E-state index is 0.131. The SMILES string of the molecule is CN(C)CCCNc1ncnc(-c2cc(Cl)cc(C3COCCN3)c2)n1. The molecular formula is C18H25ClN6O. The number of nitrogens with zero attached hydrogens (tertiary/aromatic N) is 4. The maximum Gasteiger partial charge on any atom is 0.226 e. The van der Waals surface area contributed by atoms with Gasteiger partial charge in [0, 0.05) is 23.7 Å². The van der Waals surface area contributed by atoms with E-state index in [4.69, 9.17) is 16.3 Å². The van der Waals surface area contributed by atoms with Crippen molar-refractivity contribution < 1.29 is 4.74 Å². The fourth-order valence-corrected chi connectivity index (χ4v) is 3.08. The van der Waals surface area contributed by atoms with Crippen molar-refractivity contribution in [3.63, 3.8) is 0 Å².